The first kappa shape index (κ1) is 22.1. The normalized spacial score (nSPS) is 14.5. The molecule has 0 radical (unpaired) electrons. The third kappa shape index (κ3) is 3.91. The first-order valence-electron chi connectivity index (χ1n) is 10.1. The summed E-state index contributed by atoms with van der Waals surface area (Å²) in [6.07, 6.45) is 1.75. The topological polar surface area (TPSA) is 104 Å². The SMILES string of the molecule is COc1cc(-c2nnc(-c3ccc(C)c(S(=O)(=O)N4CCCC4)c3)o2)cc(OC)c1OC. The van der Waals surface area contributed by atoms with Gasteiger partial charge in [-0.05, 0) is 49.6 Å². The lowest BCUT2D eigenvalue weighted by Gasteiger charge is -2.17. The van der Waals surface area contributed by atoms with Crippen LogP contribution in [-0.4, -0.2) is 57.3 Å². The first-order chi connectivity index (χ1) is 15.4. The molecule has 0 saturated carbocycles. The average molecular weight is 460 g/mol. The van der Waals surface area contributed by atoms with Gasteiger partial charge in [-0.2, -0.15) is 4.31 Å². The van der Waals surface area contributed by atoms with Crippen molar-refractivity contribution in [2.45, 2.75) is 24.7 Å². The van der Waals surface area contributed by atoms with Gasteiger partial charge >= 0.3 is 0 Å². The van der Waals surface area contributed by atoms with Crippen LogP contribution in [-0.2, 0) is 10.0 Å². The lowest BCUT2D eigenvalue weighted by molar-refractivity contribution is 0.324. The molecule has 10 heteroatoms. The number of hydrogen-bond acceptors (Lipinski definition) is 8. The zero-order chi connectivity index (χ0) is 22.9. The van der Waals surface area contributed by atoms with Crippen molar-refractivity contribution in [2.75, 3.05) is 34.4 Å². The Bertz CT molecular complexity index is 1210. The second kappa shape index (κ2) is 8.79. The summed E-state index contributed by atoms with van der Waals surface area (Å²) in [4.78, 5) is 0.254. The molecule has 9 nitrogen and oxygen atoms in total. The molecule has 1 saturated heterocycles. The highest BCUT2D eigenvalue weighted by Crippen LogP contribution is 2.41. The van der Waals surface area contributed by atoms with Crippen molar-refractivity contribution in [1.29, 1.82) is 0 Å². The van der Waals surface area contributed by atoms with Crippen LogP contribution in [0.3, 0.4) is 0 Å². The van der Waals surface area contributed by atoms with Crippen LogP contribution in [0.4, 0.5) is 0 Å². The summed E-state index contributed by atoms with van der Waals surface area (Å²) < 4.78 is 49.7. The highest BCUT2D eigenvalue weighted by Gasteiger charge is 2.29. The van der Waals surface area contributed by atoms with Crippen LogP contribution in [0.5, 0.6) is 17.2 Å². The Balaban J connectivity index is 1.72. The summed E-state index contributed by atoms with van der Waals surface area (Å²) in [5.74, 6) is 1.82. The van der Waals surface area contributed by atoms with Gasteiger partial charge in [0.25, 0.3) is 0 Å². The van der Waals surface area contributed by atoms with Crippen molar-refractivity contribution in [2.24, 2.45) is 0 Å². The van der Waals surface area contributed by atoms with Crippen molar-refractivity contribution in [3.63, 3.8) is 0 Å². The fourth-order valence-corrected chi connectivity index (χ4v) is 5.51. The number of nitrogens with zero attached hydrogens (tertiary/aromatic N) is 3. The number of hydrogen-bond donors (Lipinski definition) is 0. The van der Waals surface area contributed by atoms with Crippen molar-refractivity contribution in [1.82, 2.24) is 14.5 Å². The molecule has 0 bridgehead atoms. The van der Waals surface area contributed by atoms with Gasteiger partial charge in [-0.25, -0.2) is 8.42 Å². The Labute approximate surface area is 187 Å². The predicted octanol–water partition coefficient (Wildman–Crippen LogP) is 3.52. The molecule has 170 valence electrons. The van der Waals surface area contributed by atoms with Gasteiger partial charge in [-0.3, -0.25) is 0 Å². The molecule has 0 atom stereocenters. The molecule has 1 aromatic heterocycles. The summed E-state index contributed by atoms with van der Waals surface area (Å²) in [5, 5.41) is 8.26. The number of rotatable bonds is 7. The molecule has 0 unspecified atom stereocenters. The quantitative estimate of drug-likeness (QED) is 0.529. The molecule has 32 heavy (non-hydrogen) atoms. The van der Waals surface area contributed by atoms with E-state index in [2.05, 4.69) is 10.2 Å². The van der Waals surface area contributed by atoms with Crippen LogP contribution < -0.4 is 14.2 Å². The molecule has 2 heterocycles. The molecule has 0 aliphatic carbocycles. The summed E-state index contributed by atoms with van der Waals surface area (Å²) in [7, 11) is 0.995. The summed E-state index contributed by atoms with van der Waals surface area (Å²) in [6.45, 7) is 2.86. The van der Waals surface area contributed by atoms with Crippen molar-refractivity contribution in [3.8, 4) is 40.2 Å². The van der Waals surface area contributed by atoms with Gasteiger partial charge in [-0.15, -0.1) is 10.2 Å². The van der Waals surface area contributed by atoms with Crippen molar-refractivity contribution >= 4 is 10.0 Å². The predicted molar refractivity (Wildman–Crippen MR) is 118 cm³/mol. The van der Waals surface area contributed by atoms with E-state index in [4.69, 9.17) is 18.6 Å². The zero-order valence-electron chi connectivity index (χ0n) is 18.4. The fraction of sp³-hybridized carbons (Fsp3) is 0.364. The first-order valence-corrected chi connectivity index (χ1v) is 11.6. The molecule has 1 aliphatic rings. The van der Waals surface area contributed by atoms with E-state index in [1.165, 1.54) is 25.6 Å². The van der Waals surface area contributed by atoms with Crippen molar-refractivity contribution < 1.29 is 27.0 Å². The Hall–Kier alpha value is -3.11. The molecule has 1 fully saturated rings. The summed E-state index contributed by atoms with van der Waals surface area (Å²) in [5.41, 5.74) is 1.78. The van der Waals surface area contributed by atoms with Crippen LogP contribution >= 0.6 is 0 Å². The van der Waals surface area contributed by atoms with E-state index in [0.29, 0.717) is 47.0 Å². The molecule has 4 rings (SSSR count). The molecular formula is C22H25N3O6S. The van der Waals surface area contributed by atoms with E-state index in [1.54, 1.807) is 37.3 Å². The van der Waals surface area contributed by atoms with Gasteiger partial charge in [0.15, 0.2) is 11.5 Å². The number of ether oxygens (including phenoxy) is 3. The molecule has 0 N–H and O–H groups in total. The number of sulfonamides is 1. The van der Waals surface area contributed by atoms with E-state index in [1.807, 2.05) is 0 Å². The minimum Gasteiger partial charge on any atom is -0.493 e. The van der Waals surface area contributed by atoms with Gasteiger partial charge in [-0.1, -0.05) is 6.07 Å². The van der Waals surface area contributed by atoms with Crippen LogP contribution in [0.2, 0.25) is 0 Å². The van der Waals surface area contributed by atoms with Crippen LogP contribution in [0, 0.1) is 6.92 Å². The number of aromatic nitrogens is 2. The van der Waals surface area contributed by atoms with E-state index < -0.39 is 10.0 Å². The number of benzene rings is 2. The second-order valence-corrected chi connectivity index (χ2v) is 9.32. The molecule has 0 spiro atoms. The molecule has 2 aromatic carbocycles. The molecule has 3 aromatic rings. The maximum Gasteiger partial charge on any atom is 0.248 e. The molecule has 1 aliphatic heterocycles. The third-order valence-electron chi connectivity index (χ3n) is 5.45. The second-order valence-electron chi connectivity index (χ2n) is 7.42. The lowest BCUT2D eigenvalue weighted by Crippen LogP contribution is -2.28. The monoisotopic (exact) mass is 459 g/mol. The summed E-state index contributed by atoms with van der Waals surface area (Å²) in [6, 6.07) is 8.52. The maximum absolute atomic E-state index is 13.1. The minimum absolute atomic E-state index is 0.214. The fourth-order valence-electron chi connectivity index (χ4n) is 3.74. The Morgan fingerprint density at radius 2 is 1.47 bits per heavy atom. The van der Waals surface area contributed by atoms with E-state index >= 15 is 0 Å². The zero-order valence-corrected chi connectivity index (χ0v) is 19.2. The van der Waals surface area contributed by atoms with Gasteiger partial charge in [0.05, 0.1) is 26.2 Å². The van der Waals surface area contributed by atoms with Crippen LogP contribution in [0.15, 0.2) is 39.6 Å². The van der Waals surface area contributed by atoms with Crippen LogP contribution in [0.25, 0.3) is 22.9 Å². The highest BCUT2D eigenvalue weighted by atomic mass is 32.2. The van der Waals surface area contributed by atoms with Crippen molar-refractivity contribution in [3.05, 3.63) is 35.9 Å². The molecule has 0 amide bonds. The van der Waals surface area contributed by atoms with Gasteiger partial charge in [0, 0.05) is 24.2 Å². The van der Waals surface area contributed by atoms with Gasteiger partial charge < -0.3 is 18.6 Å². The standard InChI is InChI=1S/C22H25N3O6S/c1-14-7-8-15(13-19(14)32(26,27)25-9-5-6-10-25)21-23-24-22(31-21)16-11-17(28-2)20(30-4)18(12-16)29-3/h7-8,11-13H,5-6,9-10H2,1-4H3. The van der Waals surface area contributed by atoms with Gasteiger partial charge in [0.2, 0.25) is 27.6 Å². The van der Waals surface area contributed by atoms with Gasteiger partial charge in [0.1, 0.15) is 0 Å². The maximum atomic E-state index is 13.1. The minimum atomic E-state index is -3.57. The lowest BCUT2D eigenvalue weighted by atomic mass is 10.1. The number of aryl methyl sites for hydroxylation is 1. The van der Waals surface area contributed by atoms with E-state index in [-0.39, 0.29) is 16.7 Å². The van der Waals surface area contributed by atoms with Crippen LogP contribution in [0.1, 0.15) is 18.4 Å². The largest absolute Gasteiger partial charge is 0.493 e. The highest BCUT2D eigenvalue weighted by molar-refractivity contribution is 7.89. The summed E-state index contributed by atoms with van der Waals surface area (Å²) >= 11 is 0. The average Bonchev–Trinajstić information content (AvgIpc) is 3.51. The third-order valence-corrected chi connectivity index (χ3v) is 7.50. The molecular weight excluding hydrogens is 434 g/mol. The Kier molecular flexibility index (Phi) is 6.07. The smallest absolute Gasteiger partial charge is 0.248 e. The Morgan fingerprint density at radius 3 is 2.03 bits per heavy atom. The van der Waals surface area contributed by atoms with E-state index in [0.717, 1.165) is 12.8 Å². The van der Waals surface area contributed by atoms with E-state index in [9.17, 15) is 8.42 Å². The number of methoxy groups -OCH3 is 3. The Morgan fingerprint density at radius 1 is 0.875 bits per heavy atom.